The van der Waals surface area contributed by atoms with E-state index < -0.39 is 6.04 Å². The molecule has 0 fully saturated rings. The second kappa shape index (κ2) is 8.79. The van der Waals surface area contributed by atoms with Crippen molar-refractivity contribution in [2.75, 3.05) is 6.54 Å². The summed E-state index contributed by atoms with van der Waals surface area (Å²) in [6, 6.07) is 6.09. The van der Waals surface area contributed by atoms with Crippen LogP contribution in [0.2, 0.25) is 5.02 Å². The van der Waals surface area contributed by atoms with Gasteiger partial charge in [-0.3, -0.25) is 9.59 Å². The van der Waals surface area contributed by atoms with E-state index in [2.05, 4.69) is 10.6 Å². The molecule has 1 unspecified atom stereocenters. The van der Waals surface area contributed by atoms with Crippen molar-refractivity contribution in [1.82, 2.24) is 10.6 Å². The molecule has 0 aliphatic carbocycles. The molecular weight excluding hydrogens is 300 g/mol. The fraction of sp³-hybridized carbons (Fsp3) is 0.529. The van der Waals surface area contributed by atoms with Gasteiger partial charge < -0.3 is 10.6 Å². The zero-order valence-electron chi connectivity index (χ0n) is 13.7. The van der Waals surface area contributed by atoms with Crippen LogP contribution >= 0.6 is 11.6 Å². The van der Waals surface area contributed by atoms with Crippen LogP contribution in [0.1, 0.15) is 44.5 Å². The van der Waals surface area contributed by atoms with Crippen LogP contribution in [0, 0.1) is 11.8 Å². The summed E-state index contributed by atoms with van der Waals surface area (Å²) in [4.78, 5) is 24.5. The number of halogens is 1. The van der Waals surface area contributed by atoms with Crippen molar-refractivity contribution in [3.63, 3.8) is 0 Å². The lowest BCUT2D eigenvalue weighted by Crippen LogP contribution is -2.48. The van der Waals surface area contributed by atoms with Crippen molar-refractivity contribution < 1.29 is 9.59 Å². The molecule has 0 aliphatic rings. The van der Waals surface area contributed by atoms with Gasteiger partial charge in [0, 0.05) is 17.1 Å². The van der Waals surface area contributed by atoms with Crippen molar-refractivity contribution in [3.05, 3.63) is 34.9 Å². The maximum absolute atomic E-state index is 12.3. The van der Waals surface area contributed by atoms with Crippen molar-refractivity contribution in [3.8, 4) is 0 Å². The van der Waals surface area contributed by atoms with E-state index in [1.54, 1.807) is 24.3 Å². The Bertz CT molecular complexity index is 498. The number of rotatable bonds is 7. The maximum atomic E-state index is 12.3. The molecule has 0 aliphatic heterocycles. The molecule has 0 heterocycles. The van der Waals surface area contributed by atoms with E-state index in [9.17, 15) is 9.59 Å². The Morgan fingerprint density at radius 2 is 1.64 bits per heavy atom. The molecular formula is C17H25ClN2O2. The van der Waals surface area contributed by atoms with E-state index in [0.29, 0.717) is 35.4 Å². The average Bonchev–Trinajstić information content (AvgIpc) is 2.44. The quantitative estimate of drug-likeness (QED) is 0.808. The molecule has 0 spiro atoms. The molecule has 0 saturated carbocycles. The third kappa shape index (κ3) is 6.48. The fourth-order valence-electron chi connectivity index (χ4n) is 1.97. The lowest BCUT2D eigenvalue weighted by molar-refractivity contribution is -0.123. The Balaban J connectivity index is 2.73. The lowest BCUT2D eigenvalue weighted by Gasteiger charge is -2.21. The molecule has 1 rings (SSSR count). The number of carbonyl (C=O) groups is 2. The summed E-state index contributed by atoms with van der Waals surface area (Å²) in [5.41, 5.74) is 0.495. The van der Waals surface area contributed by atoms with Crippen molar-refractivity contribution in [2.45, 2.75) is 40.2 Å². The first-order chi connectivity index (χ1) is 10.3. The molecule has 0 bridgehead atoms. The molecule has 0 radical (unpaired) electrons. The molecule has 0 aromatic heterocycles. The molecule has 22 heavy (non-hydrogen) atoms. The Morgan fingerprint density at radius 3 is 2.14 bits per heavy atom. The number of nitrogens with one attached hydrogen (secondary N) is 2. The second-order valence-electron chi connectivity index (χ2n) is 6.30. The molecule has 1 atom stereocenters. The van der Waals surface area contributed by atoms with Crippen molar-refractivity contribution >= 4 is 23.4 Å². The van der Waals surface area contributed by atoms with Crippen LogP contribution in [-0.4, -0.2) is 24.4 Å². The SMILES string of the molecule is CC(C)CNC(=O)C(CC(C)C)NC(=O)c1ccc(Cl)cc1. The molecule has 0 saturated heterocycles. The Labute approximate surface area is 137 Å². The minimum absolute atomic E-state index is 0.135. The van der Waals surface area contributed by atoms with Crippen molar-refractivity contribution in [1.29, 1.82) is 0 Å². The second-order valence-corrected chi connectivity index (χ2v) is 6.74. The van der Waals surface area contributed by atoms with Crippen LogP contribution in [0.25, 0.3) is 0 Å². The topological polar surface area (TPSA) is 58.2 Å². The van der Waals surface area contributed by atoms with Gasteiger partial charge in [0.15, 0.2) is 0 Å². The van der Waals surface area contributed by atoms with Gasteiger partial charge in [-0.1, -0.05) is 39.3 Å². The van der Waals surface area contributed by atoms with E-state index in [0.717, 1.165) is 0 Å². The van der Waals surface area contributed by atoms with Gasteiger partial charge in [-0.05, 0) is 42.5 Å². The number of hydrogen-bond acceptors (Lipinski definition) is 2. The zero-order chi connectivity index (χ0) is 16.7. The predicted molar refractivity (Wildman–Crippen MR) is 90.0 cm³/mol. The standard InChI is InChI=1S/C17H25ClN2O2/c1-11(2)9-15(17(22)19-10-12(3)4)20-16(21)13-5-7-14(18)8-6-13/h5-8,11-12,15H,9-10H2,1-4H3,(H,19,22)(H,20,21). The highest BCUT2D eigenvalue weighted by atomic mass is 35.5. The smallest absolute Gasteiger partial charge is 0.251 e. The first-order valence-electron chi connectivity index (χ1n) is 7.63. The Kier molecular flexibility index (Phi) is 7.39. The van der Waals surface area contributed by atoms with Crippen LogP contribution in [0.15, 0.2) is 24.3 Å². The van der Waals surface area contributed by atoms with Gasteiger partial charge >= 0.3 is 0 Å². The Hall–Kier alpha value is -1.55. The van der Waals surface area contributed by atoms with Crippen LogP contribution < -0.4 is 10.6 Å². The van der Waals surface area contributed by atoms with Crippen LogP contribution in [0.3, 0.4) is 0 Å². The highest BCUT2D eigenvalue weighted by Gasteiger charge is 2.22. The number of amides is 2. The van der Waals surface area contributed by atoms with Gasteiger partial charge in [0.2, 0.25) is 5.91 Å². The van der Waals surface area contributed by atoms with Gasteiger partial charge in [-0.15, -0.1) is 0 Å². The zero-order valence-corrected chi connectivity index (χ0v) is 14.4. The van der Waals surface area contributed by atoms with Crippen LogP contribution in [-0.2, 0) is 4.79 Å². The van der Waals surface area contributed by atoms with Crippen molar-refractivity contribution in [2.24, 2.45) is 11.8 Å². The predicted octanol–water partition coefficient (Wildman–Crippen LogP) is 3.26. The summed E-state index contributed by atoms with van der Waals surface area (Å²) < 4.78 is 0. The molecule has 4 nitrogen and oxygen atoms in total. The molecule has 2 amide bonds. The lowest BCUT2D eigenvalue weighted by atomic mass is 10.0. The first-order valence-corrected chi connectivity index (χ1v) is 8.01. The van der Waals surface area contributed by atoms with E-state index in [1.165, 1.54) is 0 Å². The van der Waals surface area contributed by atoms with Gasteiger partial charge in [0.25, 0.3) is 5.91 Å². The number of carbonyl (C=O) groups excluding carboxylic acids is 2. The molecule has 5 heteroatoms. The maximum Gasteiger partial charge on any atom is 0.251 e. The molecule has 2 N–H and O–H groups in total. The van der Waals surface area contributed by atoms with Gasteiger partial charge in [-0.25, -0.2) is 0 Å². The number of benzene rings is 1. The number of hydrogen-bond donors (Lipinski definition) is 2. The third-order valence-electron chi connectivity index (χ3n) is 3.12. The summed E-state index contributed by atoms with van der Waals surface area (Å²) in [5.74, 6) is 0.280. The minimum atomic E-state index is -0.526. The highest BCUT2D eigenvalue weighted by Crippen LogP contribution is 2.11. The monoisotopic (exact) mass is 324 g/mol. The van der Waals surface area contributed by atoms with E-state index in [-0.39, 0.29) is 11.8 Å². The summed E-state index contributed by atoms with van der Waals surface area (Å²) in [5, 5.41) is 6.27. The molecule has 1 aromatic rings. The van der Waals surface area contributed by atoms with E-state index in [1.807, 2.05) is 27.7 Å². The van der Waals surface area contributed by atoms with Crippen LogP contribution in [0.4, 0.5) is 0 Å². The molecule has 122 valence electrons. The third-order valence-corrected chi connectivity index (χ3v) is 3.37. The molecule has 1 aromatic carbocycles. The summed E-state index contributed by atoms with van der Waals surface area (Å²) in [7, 11) is 0. The minimum Gasteiger partial charge on any atom is -0.354 e. The van der Waals surface area contributed by atoms with Gasteiger partial charge in [-0.2, -0.15) is 0 Å². The van der Waals surface area contributed by atoms with E-state index in [4.69, 9.17) is 11.6 Å². The highest BCUT2D eigenvalue weighted by molar-refractivity contribution is 6.30. The largest absolute Gasteiger partial charge is 0.354 e. The first kappa shape index (κ1) is 18.5. The van der Waals surface area contributed by atoms with Gasteiger partial charge in [0.05, 0.1) is 0 Å². The Morgan fingerprint density at radius 1 is 1.05 bits per heavy atom. The summed E-state index contributed by atoms with van der Waals surface area (Å²) in [6.07, 6.45) is 0.600. The fourth-order valence-corrected chi connectivity index (χ4v) is 2.10. The average molecular weight is 325 g/mol. The van der Waals surface area contributed by atoms with Gasteiger partial charge in [0.1, 0.15) is 6.04 Å². The van der Waals surface area contributed by atoms with Crippen LogP contribution in [0.5, 0.6) is 0 Å². The summed E-state index contributed by atoms with van der Waals surface area (Å²) >= 11 is 5.82. The summed E-state index contributed by atoms with van der Waals surface area (Å²) in [6.45, 7) is 8.71. The van der Waals surface area contributed by atoms with E-state index >= 15 is 0 Å². The normalized spacial score (nSPS) is 12.3.